The number of allylic oxidation sites excluding steroid dienone is 2. The number of imidazole rings is 1. The normalized spacial score (nSPS) is 13.4. The molecule has 4 N–H and O–H groups in total. The van der Waals surface area contributed by atoms with Gasteiger partial charge in [-0.3, -0.25) is 14.3 Å². The Morgan fingerprint density at radius 3 is 2.10 bits per heavy atom. The second-order valence-corrected chi connectivity index (χ2v) is 12.9. The molecule has 0 aliphatic rings. The first-order valence-electron chi connectivity index (χ1n) is 15.8. The van der Waals surface area contributed by atoms with Gasteiger partial charge in [0, 0.05) is 13.2 Å². The van der Waals surface area contributed by atoms with Crippen molar-refractivity contribution in [3.8, 4) is 0 Å². The van der Waals surface area contributed by atoms with E-state index in [4.69, 9.17) is 15.0 Å². The summed E-state index contributed by atoms with van der Waals surface area (Å²) in [5.41, 5.74) is 5.83. The number of anilines is 1. The van der Waals surface area contributed by atoms with Crippen molar-refractivity contribution in [2.24, 2.45) is 0 Å². The number of unbranched alkanes of at least 4 members (excludes halogenated alkanes) is 15. The molecule has 0 bridgehead atoms. The minimum atomic E-state index is -3.66. The monoisotopic (exact) mass is 595 g/mol. The average molecular weight is 596 g/mol. The van der Waals surface area contributed by atoms with E-state index in [1.807, 2.05) is 6.08 Å². The van der Waals surface area contributed by atoms with Crippen molar-refractivity contribution in [1.82, 2.24) is 19.5 Å². The Kier molecular flexibility index (Phi) is 18.6. The van der Waals surface area contributed by atoms with Gasteiger partial charge in [0.1, 0.15) is 0 Å². The SMILES string of the molecule is CCCCCCCCCCCCCCCCCCOCCOP(=O)(O)CC/C=C\Cn1cnc2c(=O)[nH]c(N)nc21. The zero-order valence-corrected chi connectivity index (χ0v) is 26.1. The molecule has 1 unspecified atom stereocenters. The van der Waals surface area contributed by atoms with Crippen LogP contribution in [0.4, 0.5) is 5.95 Å². The summed E-state index contributed by atoms with van der Waals surface area (Å²) >= 11 is 0. The number of aromatic nitrogens is 4. The first kappa shape index (κ1) is 35.2. The summed E-state index contributed by atoms with van der Waals surface area (Å²) in [6.45, 7) is 3.78. The number of nitrogen functional groups attached to an aromatic ring is 1. The standard InChI is InChI=1S/C30H54N5O5P/c1-2-3-4-5-6-7-8-9-10-11-12-13-14-15-16-19-22-39-23-24-40-41(37,38)25-20-17-18-21-35-26-32-27-28(35)33-30(31)34-29(27)36/h17-18,26H,2-16,19-25H2,1H3,(H,37,38)(H3,31,33,34,36)/b18-17-. The van der Waals surface area contributed by atoms with Crippen LogP contribution in [0.5, 0.6) is 0 Å². The van der Waals surface area contributed by atoms with Gasteiger partial charge in [-0.2, -0.15) is 4.98 Å². The maximum absolute atomic E-state index is 12.2. The summed E-state index contributed by atoms with van der Waals surface area (Å²) in [5, 5.41) is 0. The fraction of sp³-hybridized carbons (Fsp3) is 0.767. The van der Waals surface area contributed by atoms with E-state index in [1.165, 1.54) is 103 Å². The maximum Gasteiger partial charge on any atom is 0.328 e. The van der Waals surface area contributed by atoms with Crippen molar-refractivity contribution in [2.45, 2.75) is 123 Å². The van der Waals surface area contributed by atoms with E-state index in [2.05, 4.69) is 21.9 Å². The fourth-order valence-corrected chi connectivity index (χ4v) is 5.77. The fourth-order valence-electron chi connectivity index (χ4n) is 4.81. The predicted octanol–water partition coefficient (Wildman–Crippen LogP) is 7.13. The molecule has 10 nitrogen and oxygen atoms in total. The molecule has 0 aliphatic carbocycles. The number of aromatic amines is 1. The highest BCUT2D eigenvalue weighted by atomic mass is 31.2. The van der Waals surface area contributed by atoms with E-state index < -0.39 is 7.60 Å². The zero-order valence-electron chi connectivity index (χ0n) is 25.2. The first-order chi connectivity index (χ1) is 19.9. The molecule has 0 saturated heterocycles. The van der Waals surface area contributed by atoms with E-state index in [1.54, 1.807) is 10.6 Å². The lowest BCUT2D eigenvalue weighted by Gasteiger charge is -2.11. The molecule has 0 amide bonds. The molecule has 0 fully saturated rings. The van der Waals surface area contributed by atoms with Crippen molar-refractivity contribution >= 4 is 24.7 Å². The van der Waals surface area contributed by atoms with Crippen LogP contribution >= 0.6 is 7.60 Å². The lowest BCUT2D eigenvalue weighted by Crippen LogP contribution is -2.12. The van der Waals surface area contributed by atoms with Crippen LogP contribution in [0.25, 0.3) is 11.2 Å². The van der Waals surface area contributed by atoms with E-state index in [9.17, 15) is 14.3 Å². The van der Waals surface area contributed by atoms with Crippen LogP contribution < -0.4 is 11.3 Å². The van der Waals surface area contributed by atoms with E-state index in [0.29, 0.717) is 31.8 Å². The molecule has 0 aromatic carbocycles. The van der Waals surface area contributed by atoms with E-state index in [0.717, 1.165) is 6.42 Å². The van der Waals surface area contributed by atoms with Crippen LogP contribution in [-0.4, -0.2) is 50.4 Å². The molecule has 2 heterocycles. The molecular formula is C30H54N5O5P. The van der Waals surface area contributed by atoms with Gasteiger partial charge in [-0.15, -0.1) is 0 Å². The smallest absolute Gasteiger partial charge is 0.328 e. The number of ether oxygens (including phenoxy) is 1. The lowest BCUT2D eigenvalue weighted by molar-refractivity contribution is 0.0926. The second kappa shape index (κ2) is 21.7. The van der Waals surface area contributed by atoms with Crippen LogP contribution in [0.2, 0.25) is 0 Å². The minimum Gasteiger partial charge on any atom is -0.379 e. The number of H-pyrrole nitrogens is 1. The zero-order chi connectivity index (χ0) is 29.6. The molecule has 234 valence electrons. The van der Waals surface area contributed by atoms with Gasteiger partial charge in [-0.25, -0.2) is 4.98 Å². The predicted molar refractivity (Wildman–Crippen MR) is 167 cm³/mol. The number of fused-ring (bicyclic) bond motifs is 1. The Labute approximate surface area is 246 Å². The van der Waals surface area contributed by atoms with Gasteiger partial charge >= 0.3 is 7.60 Å². The third kappa shape index (κ3) is 16.3. The Bertz CT molecular complexity index is 1090. The largest absolute Gasteiger partial charge is 0.379 e. The highest BCUT2D eigenvalue weighted by molar-refractivity contribution is 7.52. The molecule has 41 heavy (non-hydrogen) atoms. The van der Waals surface area contributed by atoms with Crippen LogP contribution in [0.3, 0.4) is 0 Å². The van der Waals surface area contributed by atoms with Gasteiger partial charge in [0.05, 0.1) is 25.7 Å². The van der Waals surface area contributed by atoms with Crippen LogP contribution in [0, 0.1) is 0 Å². The molecule has 0 aliphatic heterocycles. The van der Waals surface area contributed by atoms with Gasteiger partial charge in [0.15, 0.2) is 11.2 Å². The molecule has 0 spiro atoms. The molecular weight excluding hydrogens is 541 g/mol. The van der Waals surface area contributed by atoms with Gasteiger partial charge in [-0.1, -0.05) is 115 Å². The highest BCUT2D eigenvalue weighted by Crippen LogP contribution is 2.42. The van der Waals surface area contributed by atoms with Gasteiger partial charge in [0.2, 0.25) is 5.95 Å². The summed E-state index contributed by atoms with van der Waals surface area (Å²) in [6, 6.07) is 0. The van der Waals surface area contributed by atoms with Crippen LogP contribution in [0.1, 0.15) is 116 Å². The summed E-state index contributed by atoms with van der Waals surface area (Å²) < 4.78 is 24.6. The van der Waals surface area contributed by atoms with E-state index >= 15 is 0 Å². The average Bonchev–Trinajstić information content (AvgIpc) is 3.34. The first-order valence-corrected chi connectivity index (χ1v) is 17.6. The van der Waals surface area contributed by atoms with Crippen molar-refractivity contribution in [3.63, 3.8) is 0 Å². The Morgan fingerprint density at radius 2 is 1.49 bits per heavy atom. The highest BCUT2D eigenvalue weighted by Gasteiger charge is 2.17. The Hall–Kier alpha value is -2.00. The molecule has 0 saturated carbocycles. The van der Waals surface area contributed by atoms with Crippen molar-refractivity contribution in [3.05, 3.63) is 28.8 Å². The van der Waals surface area contributed by atoms with Gasteiger partial charge in [0.25, 0.3) is 5.56 Å². The van der Waals surface area contributed by atoms with Crippen molar-refractivity contribution < 1.29 is 18.7 Å². The lowest BCUT2D eigenvalue weighted by atomic mass is 10.0. The molecule has 2 rings (SSSR count). The van der Waals surface area contributed by atoms with E-state index in [-0.39, 0.29) is 29.8 Å². The third-order valence-electron chi connectivity index (χ3n) is 7.20. The molecule has 2 aromatic heterocycles. The molecule has 2 aromatic rings. The summed E-state index contributed by atoms with van der Waals surface area (Å²) in [5.74, 6) is 0.0283. The van der Waals surface area contributed by atoms with Gasteiger partial charge < -0.3 is 24.5 Å². The number of nitrogens with one attached hydrogen (secondary N) is 1. The third-order valence-corrected chi connectivity index (χ3v) is 8.61. The molecule has 0 radical (unpaired) electrons. The minimum absolute atomic E-state index is 0.0260. The Balaban J connectivity index is 1.37. The van der Waals surface area contributed by atoms with Crippen LogP contribution in [0.15, 0.2) is 23.3 Å². The number of nitrogens with zero attached hydrogens (tertiary/aromatic N) is 3. The summed E-state index contributed by atoms with van der Waals surface area (Å²) in [6.07, 6.45) is 27.0. The second-order valence-electron chi connectivity index (χ2n) is 10.9. The number of rotatable bonds is 26. The van der Waals surface area contributed by atoms with Crippen molar-refractivity contribution in [1.29, 1.82) is 0 Å². The van der Waals surface area contributed by atoms with Crippen LogP contribution in [-0.2, 0) is 20.4 Å². The quantitative estimate of drug-likeness (QED) is 0.0592. The number of nitrogens with two attached hydrogens (primary N) is 1. The van der Waals surface area contributed by atoms with Crippen molar-refractivity contribution in [2.75, 3.05) is 31.7 Å². The molecule has 11 heteroatoms. The Morgan fingerprint density at radius 1 is 0.902 bits per heavy atom. The molecule has 1 atom stereocenters. The topological polar surface area (TPSA) is 145 Å². The van der Waals surface area contributed by atoms with Gasteiger partial charge in [-0.05, 0) is 12.8 Å². The maximum atomic E-state index is 12.2. The summed E-state index contributed by atoms with van der Waals surface area (Å²) in [4.78, 5) is 32.4. The number of hydrogen-bond donors (Lipinski definition) is 3. The number of hydrogen-bond acceptors (Lipinski definition) is 7. The summed E-state index contributed by atoms with van der Waals surface area (Å²) in [7, 11) is -3.66.